The molecule has 1 N–H and O–H groups in total. The molecule has 0 atom stereocenters. The van der Waals surface area contributed by atoms with Crippen LogP contribution in [-0.2, 0) is 0 Å². The summed E-state index contributed by atoms with van der Waals surface area (Å²) in [6.07, 6.45) is 0. The molecule has 3 heteroatoms. The fraction of sp³-hybridized carbons (Fsp3) is 0.125. The standard InChI is InChI=1S/C16H15N3/c1-11-10-15(17-2)19-16(18-11)14-9-5-7-12-6-3-4-8-13(12)14/h3-10H,1-2H3,(H,17,18,19). The van der Waals surface area contributed by atoms with Crippen molar-refractivity contribution in [1.82, 2.24) is 9.97 Å². The maximum absolute atomic E-state index is 4.55. The molecule has 0 bridgehead atoms. The minimum absolute atomic E-state index is 0.765. The van der Waals surface area contributed by atoms with Crippen LogP contribution in [0.4, 0.5) is 5.82 Å². The molecule has 0 unspecified atom stereocenters. The second kappa shape index (κ2) is 4.69. The van der Waals surface area contributed by atoms with Gasteiger partial charge in [-0.2, -0.15) is 0 Å². The molecule has 3 rings (SSSR count). The van der Waals surface area contributed by atoms with Gasteiger partial charge in [0.25, 0.3) is 0 Å². The average Bonchev–Trinajstić information content (AvgIpc) is 2.46. The minimum Gasteiger partial charge on any atom is -0.373 e. The Labute approximate surface area is 112 Å². The number of rotatable bonds is 2. The quantitative estimate of drug-likeness (QED) is 0.753. The van der Waals surface area contributed by atoms with E-state index in [1.807, 2.05) is 38.2 Å². The van der Waals surface area contributed by atoms with Crippen molar-refractivity contribution in [2.45, 2.75) is 6.92 Å². The molecule has 0 aliphatic carbocycles. The van der Waals surface area contributed by atoms with Crippen LogP contribution in [0.2, 0.25) is 0 Å². The van der Waals surface area contributed by atoms with E-state index in [1.54, 1.807) is 0 Å². The van der Waals surface area contributed by atoms with Gasteiger partial charge in [0.05, 0.1) is 0 Å². The van der Waals surface area contributed by atoms with E-state index in [1.165, 1.54) is 10.8 Å². The summed E-state index contributed by atoms with van der Waals surface area (Å²) in [6.45, 7) is 1.98. The number of hydrogen-bond acceptors (Lipinski definition) is 3. The van der Waals surface area contributed by atoms with E-state index >= 15 is 0 Å². The minimum atomic E-state index is 0.765. The fourth-order valence-corrected chi connectivity index (χ4v) is 2.24. The molecule has 0 saturated carbocycles. The molecule has 0 saturated heterocycles. The Kier molecular flexibility index (Phi) is 2.88. The summed E-state index contributed by atoms with van der Waals surface area (Å²) < 4.78 is 0. The molecule has 0 fully saturated rings. The zero-order valence-electron chi connectivity index (χ0n) is 11.0. The third kappa shape index (κ3) is 2.15. The first-order valence-electron chi connectivity index (χ1n) is 6.29. The normalized spacial score (nSPS) is 10.6. The van der Waals surface area contributed by atoms with Gasteiger partial charge in [0, 0.05) is 24.4 Å². The van der Waals surface area contributed by atoms with Crippen LogP contribution in [0.15, 0.2) is 48.5 Å². The number of nitrogens with zero attached hydrogens (tertiary/aromatic N) is 2. The lowest BCUT2D eigenvalue weighted by molar-refractivity contribution is 1.11. The molecule has 0 aliphatic rings. The van der Waals surface area contributed by atoms with Gasteiger partial charge in [0.1, 0.15) is 5.82 Å². The predicted octanol–water partition coefficient (Wildman–Crippen LogP) is 3.65. The van der Waals surface area contributed by atoms with Gasteiger partial charge in [-0.3, -0.25) is 0 Å². The van der Waals surface area contributed by atoms with Gasteiger partial charge in [0.15, 0.2) is 5.82 Å². The van der Waals surface area contributed by atoms with Crippen LogP contribution in [-0.4, -0.2) is 17.0 Å². The van der Waals surface area contributed by atoms with Gasteiger partial charge in [-0.25, -0.2) is 9.97 Å². The van der Waals surface area contributed by atoms with E-state index in [-0.39, 0.29) is 0 Å². The molecule has 2 aromatic carbocycles. The monoisotopic (exact) mass is 249 g/mol. The van der Waals surface area contributed by atoms with Crippen LogP contribution in [0.3, 0.4) is 0 Å². The highest BCUT2D eigenvalue weighted by atomic mass is 15.0. The number of hydrogen-bond donors (Lipinski definition) is 1. The number of nitrogens with one attached hydrogen (secondary N) is 1. The first-order chi connectivity index (χ1) is 9.28. The molecular formula is C16H15N3. The highest BCUT2D eigenvalue weighted by Gasteiger charge is 2.07. The summed E-state index contributed by atoms with van der Waals surface area (Å²) in [5, 5.41) is 5.46. The Morgan fingerprint density at radius 3 is 2.58 bits per heavy atom. The molecule has 19 heavy (non-hydrogen) atoms. The fourth-order valence-electron chi connectivity index (χ4n) is 2.24. The van der Waals surface area contributed by atoms with Crippen molar-refractivity contribution < 1.29 is 0 Å². The SMILES string of the molecule is CNc1cc(C)nc(-c2cccc3ccccc23)n1. The molecule has 3 aromatic rings. The largest absolute Gasteiger partial charge is 0.373 e. The topological polar surface area (TPSA) is 37.8 Å². The van der Waals surface area contributed by atoms with Crippen molar-refractivity contribution in [1.29, 1.82) is 0 Å². The van der Waals surface area contributed by atoms with Crippen molar-refractivity contribution in [3.63, 3.8) is 0 Å². The van der Waals surface area contributed by atoms with Gasteiger partial charge in [-0.1, -0.05) is 42.5 Å². The summed E-state index contributed by atoms with van der Waals surface area (Å²) in [5.41, 5.74) is 2.03. The molecule has 0 spiro atoms. The molecule has 1 heterocycles. The summed E-state index contributed by atoms with van der Waals surface area (Å²) in [7, 11) is 1.87. The van der Waals surface area contributed by atoms with Gasteiger partial charge in [-0.05, 0) is 17.7 Å². The zero-order chi connectivity index (χ0) is 13.2. The van der Waals surface area contributed by atoms with Crippen LogP contribution in [0.25, 0.3) is 22.2 Å². The van der Waals surface area contributed by atoms with Crippen molar-refractivity contribution in [2.75, 3.05) is 12.4 Å². The molecule has 94 valence electrons. The lowest BCUT2D eigenvalue weighted by Crippen LogP contribution is -1.98. The first-order valence-corrected chi connectivity index (χ1v) is 6.29. The molecule has 0 radical (unpaired) electrons. The number of fused-ring (bicyclic) bond motifs is 1. The number of benzene rings is 2. The number of aromatic nitrogens is 2. The second-order valence-corrected chi connectivity index (χ2v) is 4.49. The van der Waals surface area contributed by atoms with Gasteiger partial charge < -0.3 is 5.32 Å². The van der Waals surface area contributed by atoms with Gasteiger partial charge >= 0.3 is 0 Å². The zero-order valence-corrected chi connectivity index (χ0v) is 11.0. The van der Waals surface area contributed by atoms with Gasteiger partial charge in [0.2, 0.25) is 0 Å². The average molecular weight is 249 g/mol. The third-order valence-electron chi connectivity index (χ3n) is 3.14. The van der Waals surface area contributed by atoms with E-state index in [2.05, 4.69) is 39.6 Å². The lowest BCUT2D eigenvalue weighted by Gasteiger charge is -2.08. The second-order valence-electron chi connectivity index (χ2n) is 4.49. The maximum Gasteiger partial charge on any atom is 0.162 e. The molecular weight excluding hydrogens is 234 g/mol. The van der Waals surface area contributed by atoms with E-state index < -0.39 is 0 Å². The number of aryl methyl sites for hydroxylation is 1. The Hall–Kier alpha value is -2.42. The molecule has 0 aliphatic heterocycles. The van der Waals surface area contributed by atoms with Crippen LogP contribution < -0.4 is 5.32 Å². The Balaban J connectivity index is 2.27. The molecule has 3 nitrogen and oxygen atoms in total. The van der Waals surface area contributed by atoms with Crippen molar-refractivity contribution in [3.05, 3.63) is 54.2 Å². The van der Waals surface area contributed by atoms with E-state index in [0.717, 1.165) is 22.9 Å². The van der Waals surface area contributed by atoms with Crippen LogP contribution in [0, 0.1) is 6.92 Å². The Bertz CT molecular complexity index is 730. The van der Waals surface area contributed by atoms with E-state index in [4.69, 9.17) is 0 Å². The van der Waals surface area contributed by atoms with E-state index in [0.29, 0.717) is 0 Å². The number of anilines is 1. The highest BCUT2D eigenvalue weighted by molar-refractivity contribution is 5.95. The van der Waals surface area contributed by atoms with E-state index in [9.17, 15) is 0 Å². The summed E-state index contributed by atoms with van der Waals surface area (Å²) >= 11 is 0. The predicted molar refractivity (Wildman–Crippen MR) is 79.3 cm³/mol. The van der Waals surface area contributed by atoms with Crippen LogP contribution >= 0.6 is 0 Å². The molecule has 1 aromatic heterocycles. The van der Waals surface area contributed by atoms with Gasteiger partial charge in [-0.15, -0.1) is 0 Å². The van der Waals surface area contributed by atoms with Crippen LogP contribution in [0.1, 0.15) is 5.69 Å². The summed E-state index contributed by atoms with van der Waals surface area (Å²) in [5.74, 6) is 1.61. The lowest BCUT2D eigenvalue weighted by atomic mass is 10.0. The van der Waals surface area contributed by atoms with Crippen molar-refractivity contribution in [3.8, 4) is 11.4 Å². The smallest absolute Gasteiger partial charge is 0.162 e. The highest BCUT2D eigenvalue weighted by Crippen LogP contribution is 2.26. The Morgan fingerprint density at radius 1 is 0.947 bits per heavy atom. The first kappa shape index (κ1) is 11.7. The Morgan fingerprint density at radius 2 is 1.74 bits per heavy atom. The summed E-state index contributed by atoms with van der Waals surface area (Å²) in [6, 6.07) is 16.5. The molecule has 0 amide bonds. The van der Waals surface area contributed by atoms with Crippen LogP contribution in [0.5, 0.6) is 0 Å². The summed E-state index contributed by atoms with van der Waals surface area (Å²) in [4.78, 5) is 9.10. The maximum atomic E-state index is 4.55. The van der Waals surface area contributed by atoms with Crippen molar-refractivity contribution in [2.24, 2.45) is 0 Å². The van der Waals surface area contributed by atoms with Crippen molar-refractivity contribution >= 4 is 16.6 Å². The third-order valence-corrected chi connectivity index (χ3v) is 3.14.